The number of nitrogens with zero attached hydrogens (tertiary/aromatic N) is 1. The van der Waals surface area contributed by atoms with Crippen LogP contribution in [0.25, 0.3) is 0 Å². The molecule has 0 saturated carbocycles. The normalized spacial score (nSPS) is 10.2. The first-order valence-corrected chi connectivity index (χ1v) is 6.00. The molecule has 0 amide bonds. The van der Waals surface area contributed by atoms with Crippen molar-refractivity contribution >= 4 is 5.69 Å². The summed E-state index contributed by atoms with van der Waals surface area (Å²) in [5.74, 6) is 0.926. The summed E-state index contributed by atoms with van der Waals surface area (Å²) >= 11 is 0. The van der Waals surface area contributed by atoms with Gasteiger partial charge in [0.25, 0.3) is 0 Å². The molecule has 2 rings (SSSR count). The van der Waals surface area contributed by atoms with Crippen LogP contribution in [-0.2, 0) is 6.54 Å². The van der Waals surface area contributed by atoms with Gasteiger partial charge in [-0.05, 0) is 26.0 Å². The van der Waals surface area contributed by atoms with Crippen LogP contribution in [0.15, 0.2) is 36.5 Å². The molecular weight excluding hydrogens is 224 g/mol. The number of ether oxygens (including phenoxy) is 1. The molecule has 2 aromatic rings. The molecule has 0 saturated heterocycles. The van der Waals surface area contributed by atoms with Gasteiger partial charge in [-0.25, -0.2) is 0 Å². The van der Waals surface area contributed by atoms with Crippen LogP contribution < -0.4 is 10.1 Å². The minimum absolute atomic E-state index is 0.701. The molecule has 3 heteroatoms. The molecular formula is C15H18N2O. The number of benzene rings is 1. The summed E-state index contributed by atoms with van der Waals surface area (Å²) in [5, 5.41) is 3.35. The quantitative estimate of drug-likeness (QED) is 0.893. The first-order chi connectivity index (χ1) is 8.72. The van der Waals surface area contributed by atoms with Gasteiger partial charge in [-0.15, -0.1) is 0 Å². The molecule has 1 N–H and O–H groups in total. The lowest BCUT2D eigenvalue weighted by Crippen LogP contribution is -2.05. The van der Waals surface area contributed by atoms with Gasteiger partial charge in [0.1, 0.15) is 5.75 Å². The first kappa shape index (κ1) is 12.4. The van der Waals surface area contributed by atoms with E-state index in [9.17, 15) is 0 Å². The van der Waals surface area contributed by atoms with Crippen LogP contribution in [0.3, 0.4) is 0 Å². The van der Waals surface area contributed by atoms with Crippen molar-refractivity contribution in [3.8, 4) is 5.75 Å². The number of methoxy groups -OCH3 is 1. The predicted octanol–water partition coefficient (Wildman–Crippen LogP) is 3.32. The smallest absolute Gasteiger partial charge is 0.128 e. The van der Waals surface area contributed by atoms with Gasteiger partial charge in [-0.2, -0.15) is 0 Å². The van der Waals surface area contributed by atoms with Gasteiger partial charge < -0.3 is 10.1 Å². The van der Waals surface area contributed by atoms with E-state index in [1.54, 1.807) is 7.11 Å². The van der Waals surface area contributed by atoms with Gasteiger partial charge in [0.05, 0.1) is 19.3 Å². The molecule has 0 fully saturated rings. The molecule has 1 aromatic heterocycles. The summed E-state index contributed by atoms with van der Waals surface area (Å²) in [6.07, 6.45) is 1.86. The van der Waals surface area contributed by atoms with E-state index < -0.39 is 0 Å². The van der Waals surface area contributed by atoms with Crippen molar-refractivity contribution in [2.24, 2.45) is 0 Å². The van der Waals surface area contributed by atoms with Crippen LogP contribution >= 0.6 is 0 Å². The number of anilines is 1. The summed E-state index contributed by atoms with van der Waals surface area (Å²) < 4.78 is 5.40. The van der Waals surface area contributed by atoms with Gasteiger partial charge in [0.2, 0.25) is 0 Å². The molecule has 94 valence electrons. The molecule has 18 heavy (non-hydrogen) atoms. The van der Waals surface area contributed by atoms with Crippen molar-refractivity contribution in [3.63, 3.8) is 0 Å². The molecule has 0 bridgehead atoms. The standard InChI is InChI=1S/C15H18N2O/c1-11-9-17-14(12(2)15(11)18-3)10-16-13-7-5-4-6-8-13/h4-9,16H,10H2,1-3H3. The zero-order valence-corrected chi connectivity index (χ0v) is 11.0. The second-order valence-electron chi connectivity index (χ2n) is 4.27. The second-order valence-corrected chi connectivity index (χ2v) is 4.27. The number of nitrogens with one attached hydrogen (secondary N) is 1. The Labute approximate surface area is 108 Å². The molecule has 0 aliphatic rings. The van der Waals surface area contributed by atoms with Crippen LogP contribution in [0.5, 0.6) is 5.75 Å². The topological polar surface area (TPSA) is 34.1 Å². The van der Waals surface area contributed by atoms with Crippen molar-refractivity contribution in [3.05, 3.63) is 53.3 Å². The van der Waals surface area contributed by atoms with E-state index >= 15 is 0 Å². The number of aromatic nitrogens is 1. The van der Waals surface area contributed by atoms with Gasteiger partial charge in [-0.1, -0.05) is 18.2 Å². The molecule has 1 heterocycles. The molecule has 0 aliphatic heterocycles. The summed E-state index contributed by atoms with van der Waals surface area (Å²) in [6.45, 7) is 4.75. The summed E-state index contributed by atoms with van der Waals surface area (Å²) in [6, 6.07) is 10.1. The van der Waals surface area contributed by atoms with E-state index in [-0.39, 0.29) is 0 Å². The van der Waals surface area contributed by atoms with Crippen molar-refractivity contribution in [2.75, 3.05) is 12.4 Å². The third kappa shape index (κ3) is 2.62. The fraction of sp³-hybridized carbons (Fsp3) is 0.267. The monoisotopic (exact) mass is 242 g/mol. The zero-order valence-electron chi connectivity index (χ0n) is 11.0. The van der Waals surface area contributed by atoms with Crippen molar-refractivity contribution in [2.45, 2.75) is 20.4 Å². The maximum absolute atomic E-state index is 5.40. The number of para-hydroxylation sites is 1. The maximum atomic E-state index is 5.40. The van der Waals surface area contributed by atoms with Gasteiger partial charge >= 0.3 is 0 Å². The molecule has 0 atom stereocenters. The number of hydrogen-bond acceptors (Lipinski definition) is 3. The summed E-state index contributed by atoms with van der Waals surface area (Å²) in [4.78, 5) is 4.46. The van der Waals surface area contributed by atoms with E-state index in [1.807, 2.05) is 50.4 Å². The molecule has 1 aromatic carbocycles. The number of pyridine rings is 1. The van der Waals surface area contributed by atoms with E-state index in [1.165, 1.54) is 0 Å². The molecule has 0 aliphatic carbocycles. The highest BCUT2D eigenvalue weighted by Gasteiger charge is 2.08. The third-order valence-corrected chi connectivity index (χ3v) is 2.98. The van der Waals surface area contributed by atoms with Crippen molar-refractivity contribution in [1.82, 2.24) is 4.98 Å². The van der Waals surface area contributed by atoms with E-state index in [2.05, 4.69) is 10.3 Å². The highest BCUT2D eigenvalue weighted by molar-refractivity contribution is 5.45. The minimum Gasteiger partial charge on any atom is -0.496 e. The molecule has 0 radical (unpaired) electrons. The molecule has 0 unspecified atom stereocenters. The SMILES string of the molecule is COc1c(C)cnc(CNc2ccccc2)c1C. The van der Waals surface area contributed by atoms with Gasteiger partial charge in [-0.3, -0.25) is 4.98 Å². The lowest BCUT2D eigenvalue weighted by atomic mass is 10.1. The Morgan fingerprint density at radius 1 is 1.17 bits per heavy atom. The average Bonchev–Trinajstić information content (AvgIpc) is 2.40. The maximum Gasteiger partial charge on any atom is 0.128 e. The van der Waals surface area contributed by atoms with Gasteiger partial charge in [0, 0.05) is 23.0 Å². The Kier molecular flexibility index (Phi) is 3.82. The van der Waals surface area contributed by atoms with E-state index in [4.69, 9.17) is 4.74 Å². The fourth-order valence-corrected chi connectivity index (χ4v) is 1.99. The Balaban J connectivity index is 2.15. The number of hydrogen-bond donors (Lipinski definition) is 1. The Bertz CT molecular complexity index is 524. The van der Waals surface area contributed by atoms with Crippen LogP contribution in [0.2, 0.25) is 0 Å². The van der Waals surface area contributed by atoms with Crippen LogP contribution in [0, 0.1) is 13.8 Å². The highest BCUT2D eigenvalue weighted by Crippen LogP contribution is 2.24. The largest absolute Gasteiger partial charge is 0.496 e. The first-order valence-electron chi connectivity index (χ1n) is 6.00. The van der Waals surface area contributed by atoms with Gasteiger partial charge in [0.15, 0.2) is 0 Å². The van der Waals surface area contributed by atoms with E-state index in [0.717, 1.165) is 28.3 Å². The van der Waals surface area contributed by atoms with Crippen LogP contribution in [-0.4, -0.2) is 12.1 Å². The van der Waals surface area contributed by atoms with E-state index in [0.29, 0.717) is 6.54 Å². The highest BCUT2D eigenvalue weighted by atomic mass is 16.5. The van der Waals surface area contributed by atoms with Crippen molar-refractivity contribution < 1.29 is 4.74 Å². The number of rotatable bonds is 4. The summed E-state index contributed by atoms with van der Waals surface area (Å²) in [7, 11) is 1.70. The fourth-order valence-electron chi connectivity index (χ4n) is 1.99. The predicted molar refractivity (Wildman–Crippen MR) is 74.0 cm³/mol. The second kappa shape index (κ2) is 5.54. The lowest BCUT2D eigenvalue weighted by Gasteiger charge is -2.13. The lowest BCUT2D eigenvalue weighted by molar-refractivity contribution is 0.407. The Morgan fingerprint density at radius 2 is 1.89 bits per heavy atom. The van der Waals surface area contributed by atoms with Crippen LogP contribution in [0.4, 0.5) is 5.69 Å². The Morgan fingerprint density at radius 3 is 2.56 bits per heavy atom. The summed E-state index contributed by atoms with van der Waals surface area (Å²) in [5.41, 5.74) is 4.28. The molecule has 3 nitrogen and oxygen atoms in total. The zero-order chi connectivity index (χ0) is 13.0. The average molecular weight is 242 g/mol. The van der Waals surface area contributed by atoms with Crippen LogP contribution in [0.1, 0.15) is 16.8 Å². The third-order valence-electron chi connectivity index (χ3n) is 2.98. The molecule has 0 spiro atoms. The Hall–Kier alpha value is -2.03. The minimum atomic E-state index is 0.701. The number of aryl methyl sites for hydroxylation is 1. The van der Waals surface area contributed by atoms with Crippen molar-refractivity contribution in [1.29, 1.82) is 0 Å².